The number of hydrogen-bond donors (Lipinski definition) is 2. The van der Waals surface area contributed by atoms with Gasteiger partial charge in [0.1, 0.15) is 46.1 Å². The molecule has 24 heteroatoms. The third-order valence-electron chi connectivity index (χ3n) is 13.2. The lowest BCUT2D eigenvalue weighted by Crippen LogP contribution is -2.57. The monoisotopic (exact) mass is 1170 g/mol. The number of hydrogen-bond acceptors (Lipinski definition) is 20. The Balaban J connectivity index is 1.33. The Bertz CT molecular complexity index is 2010. The van der Waals surface area contributed by atoms with Crippen LogP contribution in [-0.4, -0.2) is 214 Å². The molecule has 3 rings (SSSR count). The summed E-state index contributed by atoms with van der Waals surface area (Å²) in [6.45, 7) is 19.6. The second kappa shape index (κ2) is 37.7. The van der Waals surface area contributed by atoms with Crippen molar-refractivity contribution in [3.05, 3.63) is 34.4 Å². The fourth-order valence-corrected chi connectivity index (χ4v) is 10.1. The summed E-state index contributed by atoms with van der Waals surface area (Å²) in [4.78, 5) is 67.6. The number of cyclic esters (lactones) is 1. The fraction of sp³-hybridized carbons (Fsp3) is 0.759. The van der Waals surface area contributed by atoms with Crippen molar-refractivity contribution in [1.29, 1.82) is 0 Å². The first-order valence-electron chi connectivity index (χ1n) is 26.8. The van der Waals surface area contributed by atoms with Crippen LogP contribution in [0, 0.1) is 5.92 Å². The SMILES string of the molecule is C/C=C(\C)Cc1cc(OC)c(Cl)c(N(C)C(=O)C[C@@H](OC(=O)C(C)N(C)C(=O)CCSSCCOCCOCCOCCOCCOCCOCCOCCOCCC(C)=O)C2(C)OC2C(C)C2C[C@@](O)(CC)NC(=O)O2)c1. The molecule has 2 heterocycles. The van der Waals surface area contributed by atoms with Gasteiger partial charge in [-0.25, -0.2) is 9.59 Å². The summed E-state index contributed by atoms with van der Waals surface area (Å²) >= 11 is 6.78. The standard InChI is InChI=1S/C54H88ClN3O18S2/c1-11-38(3)33-42-34-43(49(55)44(35-42)65-10)58(9)48(61)36-46(53(7)50(76-53)40(5)45-37-54(64,12-2)56-52(63)74-45)75-51(62)41(6)57(8)47(60)14-31-77-78-32-30-73-29-28-72-27-26-71-25-24-70-23-22-69-21-20-68-19-18-67-17-16-66-15-13-39(4)59/h11,34-35,40-41,45-46,50,64H,12-33,36-37H2,1-10H3,(H,56,63)/b38-11+/t40?,41?,45?,46-,50?,53?,54+/m1/s1. The molecule has 2 saturated heterocycles. The highest BCUT2D eigenvalue weighted by Gasteiger charge is 2.64. The molecule has 2 aliphatic rings. The molecule has 21 nitrogen and oxygen atoms in total. The minimum atomic E-state index is -1.47. The number of Topliss-reactive ketones (excluding diaryl/α,β-unsaturated/α-hetero) is 1. The van der Waals surface area contributed by atoms with Crippen molar-refractivity contribution in [3.63, 3.8) is 0 Å². The first kappa shape index (κ1) is 69.0. The van der Waals surface area contributed by atoms with Crippen molar-refractivity contribution in [1.82, 2.24) is 10.2 Å². The van der Waals surface area contributed by atoms with Gasteiger partial charge >= 0.3 is 12.1 Å². The number of nitrogens with zero attached hydrogens (tertiary/aromatic N) is 2. The lowest BCUT2D eigenvalue weighted by molar-refractivity contribution is -0.161. The molecule has 2 N–H and O–H groups in total. The van der Waals surface area contributed by atoms with Crippen LogP contribution in [0.25, 0.3) is 0 Å². The summed E-state index contributed by atoms with van der Waals surface area (Å²) in [5.74, 6) is -0.184. The zero-order chi connectivity index (χ0) is 57.5. The Morgan fingerprint density at radius 1 is 0.808 bits per heavy atom. The summed E-state index contributed by atoms with van der Waals surface area (Å²) in [7, 11) is 7.73. The van der Waals surface area contributed by atoms with Crippen molar-refractivity contribution in [2.75, 3.05) is 143 Å². The molecule has 1 aromatic carbocycles. The lowest BCUT2D eigenvalue weighted by atomic mass is 9.84. The molecule has 2 fully saturated rings. The second-order valence-corrected chi connectivity index (χ2v) is 22.3. The molecule has 0 bridgehead atoms. The van der Waals surface area contributed by atoms with E-state index < -0.39 is 59.6 Å². The van der Waals surface area contributed by atoms with Gasteiger partial charge in [-0.1, -0.05) is 58.7 Å². The summed E-state index contributed by atoms with van der Waals surface area (Å²) in [6, 6.07) is 2.64. The van der Waals surface area contributed by atoms with Crippen molar-refractivity contribution in [2.45, 2.75) is 123 Å². The quantitative estimate of drug-likeness (QED) is 0.0242. The van der Waals surface area contributed by atoms with Crippen molar-refractivity contribution < 1.29 is 85.9 Å². The van der Waals surface area contributed by atoms with Gasteiger partial charge in [0, 0.05) is 50.8 Å². The number of amides is 3. The summed E-state index contributed by atoms with van der Waals surface area (Å²) in [6.07, 6.45) is -0.0336. The first-order chi connectivity index (χ1) is 37.3. The molecule has 0 aliphatic carbocycles. The van der Waals surface area contributed by atoms with E-state index in [1.807, 2.05) is 39.0 Å². The summed E-state index contributed by atoms with van der Waals surface area (Å²) < 4.78 is 67.5. The molecule has 3 amide bonds. The van der Waals surface area contributed by atoms with E-state index in [0.29, 0.717) is 141 Å². The van der Waals surface area contributed by atoms with Gasteiger partial charge < -0.3 is 71.7 Å². The van der Waals surface area contributed by atoms with Crippen LogP contribution in [-0.2, 0) is 77.7 Å². The normalized spacial score (nSPS) is 20.3. The Labute approximate surface area is 474 Å². The maximum absolute atomic E-state index is 14.3. The lowest BCUT2D eigenvalue weighted by Gasteiger charge is -2.38. The molecule has 2 aliphatic heterocycles. The highest BCUT2D eigenvalue weighted by molar-refractivity contribution is 8.76. The zero-order valence-electron chi connectivity index (χ0n) is 47.6. The van der Waals surface area contributed by atoms with Crippen LogP contribution < -0.4 is 15.0 Å². The van der Waals surface area contributed by atoms with E-state index in [2.05, 4.69) is 5.32 Å². The molecule has 446 valence electrons. The van der Waals surface area contributed by atoms with Crippen LogP contribution in [0.15, 0.2) is 23.8 Å². The van der Waals surface area contributed by atoms with E-state index in [1.165, 1.54) is 41.7 Å². The zero-order valence-corrected chi connectivity index (χ0v) is 50.0. The van der Waals surface area contributed by atoms with Gasteiger partial charge in [0.15, 0.2) is 0 Å². The number of nitrogens with one attached hydrogen (secondary N) is 1. The largest absolute Gasteiger partial charge is 0.495 e. The van der Waals surface area contributed by atoms with E-state index >= 15 is 0 Å². The molecule has 0 spiro atoms. The molecule has 1 aromatic rings. The number of aliphatic hydroxyl groups is 1. The Morgan fingerprint density at radius 3 is 1.82 bits per heavy atom. The number of esters is 1. The number of allylic oxidation sites excluding steroid dienone is 2. The van der Waals surface area contributed by atoms with Gasteiger partial charge in [-0.3, -0.25) is 19.7 Å². The topological polar surface area (TPSA) is 238 Å². The van der Waals surface area contributed by atoms with E-state index in [-0.39, 0.29) is 42.4 Å². The number of ketones is 1. The van der Waals surface area contributed by atoms with Crippen molar-refractivity contribution in [2.24, 2.45) is 5.92 Å². The number of carbonyl (C=O) groups is 5. The Hall–Kier alpha value is -3.30. The minimum Gasteiger partial charge on any atom is -0.495 e. The van der Waals surface area contributed by atoms with Crippen LogP contribution >= 0.6 is 33.2 Å². The van der Waals surface area contributed by atoms with Crippen LogP contribution in [0.4, 0.5) is 10.5 Å². The third-order valence-corrected chi connectivity index (χ3v) is 16.0. The molecular formula is C54H88ClN3O18S2. The van der Waals surface area contributed by atoms with Crippen LogP contribution in [0.3, 0.4) is 0 Å². The van der Waals surface area contributed by atoms with Gasteiger partial charge in [0.25, 0.3) is 0 Å². The predicted octanol–water partition coefficient (Wildman–Crippen LogP) is 6.24. The summed E-state index contributed by atoms with van der Waals surface area (Å²) in [5, 5.41) is 13.7. The van der Waals surface area contributed by atoms with Crippen LogP contribution in [0.1, 0.15) is 86.1 Å². The van der Waals surface area contributed by atoms with Gasteiger partial charge in [-0.2, -0.15) is 0 Å². The van der Waals surface area contributed by atoms with Crippen LogP contribution in [0.5, 0.6) is 5.75 Å². The van der Waals surface area contributed by atoms with E-state index in [9.17, 15) is 29.1 Å². The summed E-state index contributed by atoms with van der Waals surface area (Å²) in [5.41, 5.74) is -0.287. The van der Waals surface area contributed by atoms with E-state index in [1.54, 1.807) is 38.6 Å². The maximum atomic E-state index is 14.3. The van der Waals surface area contributed by atoms with Crippen molar-refractivity contribution >= 4 is 68.5 Å². The smallest absolute Gasteiger partial charge is 0.409 e. The number of alkyl carbamates (subject to hydrolysis) is 1. The number of likely N-dealkylation sites (N-methyl/N-ethyl adjacent to an activating group) is 1. The minimum absolute atomic E-state index is 0.100. The number of benzene rings is 1. The molecule has 0 aromatic heterocycles. The number of rotatable bonds is 44. The molecule has 0 saturated carbocycles. The first-order valence-corrected chi connectivity index (χ1v) is 29.6. The van der Waals surface area contributed by atoms with Crippen molar-refractivity contribution in [3.8, 4) is 5.75 Å². The van der Waals surface area contributed by atoms with Gasteiger partial charge in [0.05, 0.1) is 131 Å². The fourth-order valence-electron chi connectivity index (χ4n) is 7.97. The van der Waals surface area contributed by atoms with Crippen LogP contribution in [0.2, 0.25) is 5.02 Å². The Kier molecular flexibility index (Phi) is 33.3. The Morgan fingerprint density at radius 2 is 1.32 bits per heavy atom. The number of methoxy groups -OCH3 is 1. The third kappa shape index (κ3) is 25.2. The number of epoxide rings is 1. The highest BCUT2D eigenvalue weighted by atomic mass is 35.5. The number of anilines is 1. The number of carbonyl (C=O) groups excluding carboxylic acids is 5. The number of ether oxygens (including phenoxy) is 12. The van der Waals surface area contributed by atoms with E-state index in [4.69, 9.17) is 68.4 Å². The molecule has 78 heavy (non-hydrogen) atoms. The molecule has 5 unspecified atom stereocenters. The van der Waals surface area contributed by atoms with Gasteiger partial charge in [-0.15, -0.1) is 0 Å². The molecule has 0 radical (unpaired) electrons. The van der Waals surface area contributed by atoms with E-state index in [0.717, 1.165) is 11.1 Å². The second-order valence-electron chi connectivity index (χ2n) is 19.2. The molecular weight excluding hydrogens is 1080 g/mol. The van der Waals surface area contributed by atoms with Gasteiger partial charge in [0.2, 0.25) is 11.8 Å². The predicted molar refractivity (Wildman–Crippen MR) is 298 cm³/mol. The molecule has 7 atom stereocenters. The number of halogens is 1. The highest BCUT2D eigenvalue weighted by Crippen LogP contribution is 2.49. The average molecular weight is 1170 g/mol. The maximum Gasteiger partial charge on any atom is 0.409 e. The average Bonchev–Trinajstić information content (AvgIpc) is 4.31. The van der Waals surface area contributed by atoms with Gasteiger partial charge in [-0.05, 0) is 65.2 Å².